The van der Waals surface area contributed by atoms with Crippen molar-refractivity contribution in [3.63, 3.8) is 0 Å². The average molecular weight is 361 g/mol. The molecular formula is C18H23N3O3S. The third kappa shape index (κ3) is 4.87. The molecule has 25 heavy (non-hydrogen) atoms. The Morgan fingerprint density at radius 2 is 2.00 bits per heavy atom. The van der Waals surface area contributed by atoms with Crippen LogP contribution in [0.1, 0.15) is 28.5 Å². The van der Waals surface area contributed by atoms with Gasteiger partial charge in [0.15, 0.2) is 0 Å². The van der Waals surface area contributed by atoms with Crippen LogP contribution in [-0.2, 0) is 16.4 Å². The summed E-state index contributed by atoms with van der Waals surface area (Å²) < 4.78 is 26.7. The largest absolute Gasteiger partial charge is 0.341 e. The van der Waals surface area contributed by atoms with Gasteiger partial charge in [-0.1, -0.05) is 19.1 Å². The number of nitrogens with zero attached hydrogens (tertiary/aromatic N) is 2. The van der Waals surface area contributed by atoms with Gasteiger partial charge in [0, 0.05) is 44.0 Å². The number of pyridine rings is 1. The van der Waals surface area contributed by atoms with E-state index in [9.17, 15) is 13.2 Å². The van der Waals surface area contributed by atoms with Crippen LogP contribution in [0.25, 0.3) is 0 Å². The van der Waals surface area contributed by atoms with Crippen molar-refractivity contribution < 1.29 is 13.2 Å². The van der Waals surface area contributed by atoms with Crippen molar-refractivity contribution in [2.45, 2.75) is 25.2 Å². The van der Waals surface area contributed by atoms with Gasteiger partial charge in [0.1, 0.15) is 0 Å². The Balaban J connectivity index is 2.17. The minimum atomic E-state index is -3.59. The first-order chi connectivity index (χ1) is 11.8. The molecule has 134 valence electrons. The van der Waals surface area contributed by atoms with Crippen LogP contribution in [0.15, 0.2) is 47.5 Å². The number of hydrogen-bond donors (Lipinski definition) is 1. The van der Waals surface area contributed by atoms with E-state index in [-0.39, 0.29) is 10.8 Å². The highest BCUT2D eigenvalue weighted by atomic mass is 32.2. The molecule has 0 radical (unpaired) electrons. The molecule has 6 nitrogen and oxygen atoms in total. The summed E-state index contributed by atoms with van der Waals surface area (Å²) in [6.07, 6.45) is 2.36. The quantitative estimate of drug-likeness (QED) is 0.818. The summed E-state index contributed by atoms with van der Waals surface area (Å²) in [4.78, 5) is 18.6. The monoisotopic (exact) mass is 361 g/mol. The van der Waals surface area contributed by atoms with Crippen molar-refractivity contribution >= 4 is 15.9 Å². The lowest BCUT2D eigenvalue weighted by atomic mass is 10.1. The normalized spacial score (nSPS) is 11.3. The first-order valence-corrected chi connectivity index (χ1v) is 9.59. The maximum atomic E-state index is 12.7. The zero-order valence-corrected chi connectivity index (χ0v) is 15.5. The number of aryl methyl sites for hydroxylation is 1. The number of rotatable bonds is 7. The molecule has 1 aromatic heterocycles. The first-order valence-electron chi connectivity index (χ1n) is 8.11. The van der Waals surface area contributed by atoms with Gasteiger partial charge in [0.2, 0.25) is 10.0 Å². The third-order valence-corrected chi connectivity index (χ3v) is 5.40. The van der Waals surface area contributed by atoms with Crippen LogP contribution < -0.4 is 4.72 Å². The van der Waals surface area contributed by atoms with Gasteiger partial charge in [-0.05, 0) is 36.8 Å². The van der Waals surface area contributed by atoms with E-state index in [1.54, 1.807) is 38.1 Å². The fourth-order valence-electron chi connectivity index (χ4n) is 2.41. The number of carbonyl (C=O) groups excluding carboxylic acids is 1. The fraction of sp³-hybridized carbons (Fsp3) is 0.333. The number of carbonyl (C=O) groups is 1. The Hall–Kier alpha value is -2.25. The van der Waals surface area contributed by atoms with Crippen LogP contribution in [0.3, 0.4) is 0 Å². The minimum Gasteiger partial charge on any atom is -0.341 e. The van der Waals surface area contributed by atoms with Crippen molar-refractivity contribution in [3.8, 4) is 0 Å². The molecule has 1 N–H and O–H groups in total. The van der Waals surface area contributed by atoms with Crippen molar-refractivity contribution in [3.05, 3.63) is 59.4 Å². The molecular weight excluding hydrogens is 338 g/mol. The minimum absolute atomic E-state index is 0.0985. The maximum absolute atomic E-state index is 12.7. The smallest absolute Gasteiger partial charge is 0.253 e. The highest BCUT2D eigenvalue weighted by molar-refractivity contribution is 7.89. The lowest BCUT2D eigenvalue weighted by Gasteiger charge is -2.19. The molecule has 0 aliphatic carbocycles. The standard InChI is InChI=1S/C18H23N3O3S/c1-4-20-25(23,24)16-9-8-14(2)17(13-16)18(22)21(3)12-10-15-7-5-6-11-19-15/h5-9,11,13,20H,4,10,12H2,1-3H3. The SMILES string of the molecule is CCNS(=O)(=O)c1ccc(C)c(C(=O)N(C)CCc2ccccn2)c1. The van der Waals surface area contributed by atoms with Gasteiger partial charge in [-0.25, -0.2) is 13.1 Å². The van der Waals surface area contributed by atoms with E-state index in [2.05, 4.69) is 9.71 Å². The number of aromatic nitrogens is 1. The van der Waals surface area contributed by atoms with Crippen molar-refractivity contribution in [1.82, 2.24) is 14.6 Å². The molecule has 1 aromatic carbocycles. The number of sulfonamides is 1. The molecule has 0 atom stereocenters. The van der Waals surface area contributed by atoms with Crippen molar-refractivity contribution in [1.29, 1.82) is 0 Å². The summed E-state index contributed by atoms with van der Waals surface area (Å²) in [5.41, 5.74) is 2.04. The van der Waals surface area contributed by atoms with E-state index in [0.29, 0.717) is 25.1 Å². The molecule has 0 aliphatic heterocycles. The molecule has 0 aliphatic rings. The van der Waals surface area contributed by atoms with E-state index < -0.39 is 10.0 Å². The summed E-state index contributed by atoms with van der Waals surface area (Å²) in [5, 5.41) is 0. The van der Waals surface area contributed by atoms with Gasteiger partial charge in [-0.2, -0.15) is 0 Å². The molecule has 1 heterocycles. The molecule has 2 aromatic rings. The number of hydrogen-bond acceptors (Lipinski definition) is 4. The Morgan fingerprint density at radius 3 is 2.64 bits per heavy atom. The number of likely N-dealkylation sites (N-methyl/N-ethyl adjacent to an activating group) is 1. The van der Waals surface area contributed by atoms with E-state index in [1.165, 1.54) is 12.1 Å². The van der Waals surface area contributed by atoms with Crippen LogP contribution in [0.2, 0.25) is 0 Å². The predicted octanol–water partition coefficient (Wildman–Crippen LogP) is 2.00. The van der Waals surface area contributed by atoms with E-state index in [0.717, 1.165) is 11.3 Å². The topological polar surface area (TPSA) is 79.4 Å². The van der Waals surface area contributed by atoms with E-state index >= 15 is 0 Å². The van der Waals surface area contributed by atoms with Gasteiger partial charge in [0.05, 0.1) is 4.90 Å². The zero-order chi connectivity index (χ0) is 18.4. The summed E-state index contributed by atoms with van der Waals surface area (Å²) >= 11 is 0. The molecule has 0 bridgehead atoms. The third-order valence-electron chi connectivity index (χ3n) is 3.86. The van der Waals surface area contributed by atoms with Gasteiger partial charge in [0.25, 0.3) is 5.91 Å². The highest BCUT2D eigenvalue weighted by Gasteiger charge is 2.19. The molecule has 2 rings (SSSR count). The van der Waals surface area contributed by atoms with Crippen LogP contribution in [-0.4, -0.2) is 44.3 Å². The van der Waals surface area contributed by atoms with Gasteiger partial charge in [-0.3, -0.25) is 9.78 Å². The highest BCUT2D eigenvalue weighted by Crippen LogP contribution is 2.17. The molecule has 0 saturated heterocycles. The Bertz CT molecular complexity index is 836. The Labute approximate surface area is 148 Å². The zero-order valence-electron chi connectivity index (χ0n) is 14.7. The van der Waals surface area contributed by atoms with Crippen LogP contribution >= 0.6 is 0 Å². The maximum Gasteiger partial charge on any atom is 0.253 e. The molecule has 0 spiro atoms. The number of amides is 1. The van der Waals surface area contributed by atoms with E-state index in [4.69, 9.17) is 0 Å². The lowest BCUT2D eigenvalue weighted by Crippen LogP contribution is -2.30. The van der Waals surface area contributed by atoms with E-state index in [1.807, 2.05) is 18.2 Å². The summed E-state index contributed by atoms with van der Waals surface area (Å²) in [6, 6.07) is 10.3. The Kier molecular flexibility index (Phi) is 6.27. The molecule has 0 saturated carbocycles. The Morgan fingerprint density at radius 1 is 1.24 bits per heavy atom. The van der Waals surface area contributed by atoms with Gasteiger partial charge in [-0.15, -0.1) is 0 Å². The first kappa shape index (κ1) is 19.1. The van der Waals surface area contributed by atoms with Gasteiger partial charge < -0.3 is 4.90 Å². The lowest BCUT2D eigenvalue weighted by molar-refractivity contribution is 0.0795. The van der Waals surface area contributed by atoms with Crippen molar-refractivity contribution in [2.24, 2.45) is 0 Å². The fourth-order valence-corrected chi connectivity index (χ4v) is 3.47. The number of nitrogens with one attached hydrogen (secondary N) is 1. The molecule has 0 fully saturated rings. The molecule has 7 heteroatoms. The predicted molar refractivity (Wildman–Crippen MR) is 96.9 cm³/mol. The number of benzene rings is 1. The van der Waals surface area contributed by atoms with Crippen LogP contribution in [0.5, 0.6) is 0 Å². The second kappa shape index (κ2) is 8.22. The average Bonchev–Trinajstić information content (AvgIpc) is 2.60. The summed E-state index contributed by atoms with van der Waals surface area (Å²) in [6.45, 7) is 4.30. The molecule has 0 unspecified atom stereocenters. The van der Waals surface area contributed by atoms with Crippen LogP contribution in [0.4, 0.5) is 0 Å². The van der Waals surface area contributed by atoms with Crippen LogP contribution in [0, 0.1) is 6.92 Å². The molecule has 1 amide bonds. The van der Waals surface area contributed by atoms with Gasteiger partial charge >= 0.3 is 0 Å². The second-order valence-corrected chi connectivity index (χ2v) is 7.54. The second-order valence-electron chi connectivity index (χ2n) is 5.78. The van der Waals surface area contributed by atoms with Crippen molar-refractivity contribution in [2.75, 3.05) is 20.1 Å². The summed E-state index contributed by atoms with van der Waals surface area (Å²) in [5.74, 6) is -0.207. The summed E-state index contributed by atoms with van der Waals surface area (Å²) in [7, 11) is -1.89.